The first-order chi connectivity index (χ1) is 9.26. The molecule has 0 aliphatic heterocycles. The predicted octanol–water partition coefficient (Wildman–Crippen LogP) is 3.64. The summed E-state index contributed by atoms with van der Waals surface area (Å²) in [7, 11) is 0. The average molecular weight is 293 g/mol. The topological polar surface area (TPSA) is 38.0 Å². The fourth-order valence-electron chi connectivity index (χ4n) is 2.74. The molecule has 3 N–H and O–H groups in total. The van der Waals surface area contributed by atoms with Crippen molar-refractivity contribution in [3.05, 3.63) is 56.2 Å². The molecule has 2 nitrogen and oxygen atoms in total. The number of rotatable bonds is 4. The summed E-state index contributed by atoms with van der Waals surface area (Å²) >= 11 is 7.60. The summed E-state index contributed by atoms with van der Waals surface area (Å²) in [6, 6.07) is 10.9. The largest absolute Gasteiger partial charge is 0.271 e. The normalized spacial score (nSPS) is 15.5. The van der Waals surface area contributed by atoms with E-state index < -0.39 is 0 Å². The molecule has 1 heterocycles. The Labute approximate surface area is 122 Å². The van der Waals surface area contributed by atoms with Crippen molar-refractivity contribution < 1.29 is 0 Å². The van der Waals surface area contributed by atoms with Gasteiger partial charge >= 0.3 is 0 Å². The lowest BCUT2D eigenvalue weighted by molar-refractivity contribution is 0.555. The smallest absolute Gasteiger partial charge is 0.0931 e. The van der Waals surface area contributed by atoms with Crippen LogP contribution >= 0.6 is 22.9 Å². The number of hydrazine groups is 1. The molecule has 0 spiro atoms. The number of fused-ring (bicyclic) bond motifs is 1. The summed E-state index contributed by atoms with van der Waals surface area (Å²) < 4.78 is 0.833. The molecule has 0 bridgehead atoms. The van der Waals surface area contributed by atoms with Crippen LogP contribution in [0.4, 0.5) is 0 Å². The van der Waals surface area contributed by atoms with Crippen LogP contribution in [0.5, 0.6) is 0 Å². The minimum absolute atomic E-state index is 0.153. The van der Waals surface area contributed by atoms with Gasteiger partial charge < -0.3 is 0 Å². The molecule has 2 aromatic rings. The second-order valence-electron chi connectivity index (χ2n) is 5.01. The second-order valence-corrected chi connectivity index (χ2v) is 6.81. The van der Waals surface area contributed by atoms with E-state index >= 15 is 0 Å². The van der Waals surface area contributed by atoms with Gasteiger partial charge in [0, 0.05) is 11.3 Å². The number of nitrogens with one attached hydrogen (secondary N) is 1. The van der Waals surface area contributed by atoms with E-state index in [-0.39, 0.29) is 6.04 Å². The van der Waals surface area contributed by atoms with Crippen LogP contribution in [-0.4, -0.2) is 0 Å². The van der Waals surface area contributed by atoms with Gasteiger partial charge in [-0.25, -0.2) is 0 Å². The third-order valence-electron chi connectivity index (χ3n) is 3.76. The van der Waals surface area contributed by atoms with E-state index in [4.69, 9.17) is 17.4 Å². The average Bonchev–Trinajstić information content (AvgIpc) is 3.03. The Bertz CT molecular complexity index is 579. The summed E-state index contributed by atoms with van der Waals surface area (Å²) in [6.45, 7) is 0. The van der Waals surface area contributed by atoms with Gasteiger partial charge in [0.2, 0.25) is 0 Å². The van der Waals surface area contributed by atoms with E-state index in [0.717, 1.165) is 10.8 Å². The van der Waals surface area contributed by atoms with E-state index in [9.17, 15) is 0 Å². The van der Waals surface area contributed by atoms with Gasteiger partial charge in [0.25, 0.3) is 0 Å². The van der Waals surface area contributed by atoms with Crippen LogP contribution in [0.3, 0.4) is 0 Å². The molecule has 3 rings (SSSR count). The Kier molecular flexibility index (Phi) is 3.89. The summed E-state index contributed by atoms with van der Waals surface area (Å²) in [6.07, 6.45) is 4.58. The highest BCUT2D eigenvalue weighted by atomic mass is 35.5. The van der Waals surface area contributed by atoms with E-state index in [1.54, 1.807) is 11.3 Å². The number of hydrogen-bond donors (Lipinski definition) is 2. The van der Waals surface area contributed by atoms with Crippen LogP contribution < -0.4 is 11.3 Å². The molecule has 100 valence electrons. The van der Waals surface area contributed by atoms with E-state index in [0.29, 0.717) is 0 Å². The zero-order valence-corrected chi connectivity index (χ0v) is 12.2. The number of thiophene rings is 1. The molecule has 1 aliphatic rings. The highest BCUT2D eigenvalue weighted by Gasteiger charge is 2.16. The van der Waals surface area contributed by atoms with Crippen molar-refractivity contribution in [2.24, 2.45) is 5.84 Å². The molecule has 1 aromatic carbocycles. The van der Waals surface area contributed by atoms with Crippen LogP contribution in [0.15, 0.2) is 30.3 Å². The molecule has 1 unspecified atom stereocenters. The summed E-state index contributed by atoms with van der Waals surface area (Å²) in [4.78, 5) is 1.26. The fourth-order valence-corrected chi connectivity index (χ4v) is 3.88. The third-order valence-corrected chi connectivity index (χ3v) is 5.01. The molecule has 0 fully saturated rings. The highest BCUT2D eigenvalue weighted by molar-refractivity contribution is 7.16. The minimum Gasteiger partial charge on any atom is -0.271 e. The van der Waals surface area contributed by atoms with Gasteiger partial charge in [0.05, 0.1) is 10.4 Å². The summed E-state index contributed by atoms with van der Waals surface area (Å²) in [5.41, 5.74) is 7.19. The van der Waals surface area contributed by atoms with Crippen molar-refractivity contribution in [2.45, 2.75) is 31.7 Å². The van der Waals surface area contributed by atoms with Gasteiger partial charge in [-0.2, -0.15) is 0 Å². The molecule has 0 saturated carbocycles. The maximum absolute atomic E-state index is 5.98. The quantitative estimate of drug-likeness (QED) is 0.667. The monoisotopic (exact) mass is 292 g/mol. The Balaban J connectivity index is 1.82. The van der Waals surface area contributed by atoms with Gasteiger partial charge in [0.15, 0.2) is 0 Å². The zero-order chi connectivity index (χ0) is 13.2. The molecule has 0 amide bonds. The van der Waals surface area contributed by atoms with Gasteiger partial charge in [-0.15, -0.1) is 11.3 Å². The van der Waals surface area contributed by atoms with Gasteiger partial charge in [0.1, 0.15) is 0 Å². The van der Waals surface area contributed by atoms with Crippen molar-refractivity contribution in [1.82, 2.24) is 5.43 Å². The summed E-state index contributed by atoms with van der Waals surface area (Å²) in [5.74, 6) is 5.73. The zero-order valence-electron chi connectivity index (χ0n) is 10.7. The molecule has 19 heavy (non-hydrogen) atoms. The predicted molar refractivity (Wildman–Crippen MR) is 81.6 cm³/mol. The number of benzene rings is 1. The maximum Gasteiger partial charge on any atom is 0.0931 e. The van der Waals surface area contributed by atoms with E-state index in [1.807, 2.05) is 6.07 Å². The molecule has 1 aliphatic carbocycles. The molecule has 1 atom stereocenters. The Hall–Kier alpha value is -0.870. The standard InChI is InChI=1S/C15H17ClN2S/c16-15-7-6-13(19-15)9-14(18-17)12-5-4-10-2-1-3-11(10)8-12/h4-8,14,18H,1-3,9,17H2. The SMILES string of the molecule is NNC(Cc1ccc(Cl)s1)c1ccc2c(c1)CCC2. The highest BCUT2D eigenvalue weighted by Crippen LogP contribution is 2.29. The molecular formula is C15H17ClN2S. The Morgan fingerprint density at radius 1 is 1.21 bits per heavy atom. The molecule has 1 aromatic heterocycles. The fraction of sp³-hybridized carbons (Fsp3) is 0.333. The lowest BCUT2D eigenvalue weighted by atomic mass is 9.99. The van der Waals surface area contributed by atoms with Crippen molar-refractivity contribution in [3.63, 3.8) is 0 Å². The van der Waals surface area contributed by atoms with Crippen molar-refractivity contribution in [1.29, 1.82) is 0 Å². The third kappa shape index (κ3) is 2.84. The van der Waals surface area contributed by atoms with Crippen LogP contribution in [0.25, 0.3) is 0 Å². The first kappa shape index (κ1) is 13.1. The van der Waals surface area contributed by atoms with Crippen molar-refractivity contribution in [3.8, 4) is 0 Å². The van der Waals surface area contributed by atoms with Crippen molar-refractivity contribution >= 4 is 22.9 Å². The van der Waals surface area contributed by atoms with Gasteiger partial charge in [-0.1, -0.05) is 29.8 Å². The molecule has 0 saturated heterocycles. The van der Waals surface area contributed by atoms with Gasteiger partial charge in [-0.05, 0) is 48.1 Å². The number of aryl methyl sites for hydroxylation is 2. The minimum atomic E-state index is 0.153. The number of nitrogens with two attached hydrogens (primary N) is 1. The molecular weight excluding hydrogens is 276 g/mol. The first-order valence-electron chi connectivity index (χ1n) is 6.58. The lowest BCUT2D eigenvalue weighted by Crippen LogP contribution is -2.29. The van der Waals surface area contributed by atoms with Crippen LogP contribution in [0.1, 0.15) is 34.0 Å². The summed E-state index contributed by atoms with van der Waals surface area (Å²) in [5, 5.41) is 0. The van der Waals surface area contributed by atoms with Crippen molar-refractivity contribution in [2.75, 3.05) is 0 Å². The van der Waals surface area contributed by atoms with E-state index in [2.05, 4.69) is 29.7 Å². The van der Waals surface area contributed by atoms with Crippen LogP contribution in [0, 0.1) is 0 Å². The Morgan fingerprint density at radius 3 is 2.79 bits per heavy atom. The lowest BCUT2D eigenvalue weighted by Gasteiger charge is -2.16. The number of hydrogen-bond acceptors (Lipinski definition) is 3. The first-order valence-corrected chi connectivity index (χ1v) is 7.78. The maximum atomic E-state index is 5.98. The molecule has 0 radical (unpaired) electrons. The number of halogens is 1. The Morgan fingerprint density at radius 2 is 2.05 bits per heavy atom. The van der Waals surface area contributed by atoms with Gasteiger partial charge in [-0.3, -0.25) is 11.3 Å². The van der Waals surface area contributed by atoms with Crippen LogP contribution in [-0.2, 0) is 19.3 Å². The van der Waals surface area contributed by atoms with Crippen LogP contribution in [0.2, 0.25) is 4.34 Å². The molecule has 4 heteroatoms. The second kappa shape index (κ2) is 5.63. The van der Waals surface area contributed by atoms with E-state index in [1.165, 1.54) is 40.8 Å².